The van der Waals surface area contributed by atoms with Crippen LogP contribution in [0.4, 0.5) is 10.1 Å². The Kier molecular flexibility index (Phi) is 5.28. The Morgan fingerprint density at radius 2 is 1.79 bits per heavy atom. The van der Waals surface area contributed by atoms with Crippen molar-refractivity contribution in [2.75, 3.05) is 11.5 Å². The molecular weight excluding hydrogens is 359 g/mol. The first-order chi connectivity index (χ1) is 13.6. The first-order valence-corrected chi connectivity index (χ1v) is 9.74. The lowest BCUT2D eigenvalue weighted by Crippen LogP contribution is -2.50. The van der Waals surface area contributed by atoms with Gasteiger partial charge in [-0.25, -0.2) is 4.39 Å². The maximum atomic E-state index is 14.7. The molecule has 1 fully saturated rings. The van der Waals surface area contributed by atoms with E-state index in [1.165, 1.54) is 17.4 Å². The molecule has 5 nitrogen and oxygen atoms in total. The summed E-state index contributed by atoms with van der Waals surface area (Å²) < 4.78 is 20.2. The third-order valence-corrected chi connectivity index (χ3v) is 5.40. The van der Waals surface area contributed by atoms with E-state index in [9.17, 15) is 14.0 Å². The summed E-state index contributed by atoms with van der Waals surface area (Å²) in [4.78, 5) is 27.5. The third-order valence-electron chi connectivity index (χ3n) is 5.40. The summed E-state index contributed by atoms with van der Waals surface area (Å²) in [5.74, 6) is -0.732. The molecule has 2 aromatic carbocycles. The molecule has 0 bridgehead atoms. The molecule has 1 aliphatic carbocycles. The second kappa shape index (κ2) is 8.00. The number of anilines is 1. The average Bonchev–Trinajstić information content (AvgIpc) is 2.72. The van der Waals surface area contributed by atoms with E-state index >= 15 is 0 Å². The number of fused-ring (bicyclic) bond motifs is 1. The zero-order valence-corrected chi connectivity index (χ0v) is 15.6. The number of benzene rings is 2. The number of nitrogens with one attached hydrogen (secondary N) is 1. The number of hydrogen-bond donors (Lipinski definition) is 1. The number of carbonyl (C=O) groups is 2. The summed E-state index contributed by atoms with van der Waals surface area (Å²) in [6.45, 7) is -0.182. The van der Waals surface area contributed by atoms with Gasteiger partial charge in [-0.2, -0.15) is 0 Å². The number of rotatable bonds is 4. The molecule has 1 saturated carbocycles. The number of hydrogen-bond acceptors (Lipinski definition) is 3. The summed E-state index contributed by atoms with van der Waals surface area (Å²) in [7, 11) is 0. The molecule has 2 amide bonds. The van der Waals surface area contributed by atoms with Crippen molar-refractivity contribution in [3.8, 4) is 5.75 Å². The van der Waals surface area contributed by atoms with Gasteiger partial charge in [-0.05, 0) is 31.0 Å². The zero-order chi connectivity index (χ0) is 19.5. The van der Waals surface area contributed by atoms with E-state index in [2.05, 4.69) is 5.32 Å². The van der Waals surface area contributed by atoms with Gasteiger partial charge >= 0.3 is 0 Å². The Morgan fingerprint density at radius 3 is 2.57 bits per heavy atom. The van der Waals surface area contributed by atoms with E-state index in [1.54, 1.807) is 42.5 Å². The minimum atomic E-state index is -1.08. The number of ether oxygens (including phenoxy) is 1. The standard InChI is InChI=1S/C22H23FN2O3/c23-17-11-5-4-10-16(17)21(22(27)24-15-8-2-1-3-9-15)25-18-12-6-7-13-19(18)28-14-20(25)26/h4-7,10-13,15,21H,1-3,8-9,14H2,(H,24,27). The fraction of sp³-hybridized carbons (Fsp3) is 0.364. The lowest BCUT2D eigenvalue weighted by atomic mass is 9.94. The van der Waals surface area contributed by atoms with Gasteiger partial charge in [0.05, 0.1) is 5.69 Å². The molecule has 0 spiro atoms. The highest BCUT2D eigenvalue weighted by atomic mass is 19.1. The normalized spacial score (nSPS) is 18.2. The summed E-state index contributed by atoms with van der Waals surface area (Å²) >= 11 is 0. The van der Waals surface area contributed by atoms with Crippen LogP contribution in [0.25, 0.3) is 0 Å². The monoisotopic (exact) mass is 382 g/mol. The lowest BCUT2D eigenvalue weighted by molar-refractivity contribution is -0.128. The van der Waals surface area contributed by atoms with Crippen molar-refractivity contribution in [2.24, 2.45) is 0 Å². The molecule has 0 saturated heterocycles. The molecule has 28 heavy (non-hydrogen) atoms. The first kappa shape index (κ1) is 18.5. The number of halogens is 1. The molecular formula is C22H23FN2O3. The molecule has 1 unspecified atom stereocenters. The van der Waals surface area contributed by atoms with Crippen molar-refractivity contribution in [1.82, 2.24) is 5.32 Å². The van der Waals surface area contributed by atoms with Crippen LogP contribution in [0.1, 0.15) is 43.7 Å². The highest BCUT2D eigenvalue weighted by Crippen LogP contribution is 2.38. The van der Waals surface area contributed by atoms with Gasteiger partial charge < -0.3 is 10.1 Å². The predicted octanol–water partition coefficient (Wildman–Crippen LogP) is 3.74. The highest BCUT2D eigenvalue weighted by molar-refractivity contribution is 6.04. The topological polar surface area (TPSA) is 58.6 Å². The lowest BCUT2D eigenvalue weighted by Gasteiger charge is -2.36. The van der Waals surface area contributed by atoms with Crippen molar-refractivity contribution < 1.29 is 18.7 Å². The van der Waals surface area contributed by atoms with Gasteiger partial charge in [0.1, 0.15) is 17.6 Å². The number of para-hydroxylation sites is 2. The number of amides is 2. The molecule has 1 N–H and O–H groups in total. The molecule has 1 heterocycles. The third kappa shape index (κ3) is 3.59. The van der Waals surface area contributed by atoms with Crippen LogP contribution < -0.4 is 15.0 Å². The van der Waals surface area contributed by atoms with Crippen LogP contribution >= 0.6 is 0 Å². The van der Waals surface area contributed by atoms with Crippen LogP contribution in [0, 0.1) is 5.82 Å². The van der Waals surface area contributed by atoms with Crippen LogP contribution in [0.5, 0.6) is 5.75 Å². The predicted molar refractivity (Wildman–Crippen MR) is 104 cm³/mol. The van der Waals surface area contributed by atoms with E-state index in [1.807, 2.05) is 0 Å². The van der Waals surface area contributed by atoms with Gasteiger partial charge in [0.25, 0.3) is 5.91 Å². The number of nitrogens with zero attached hydrogens (tertiary/aromatic N) is 1. The second-order valence-corrected chi connectivity index (χ2v) is 7.29. The largest absolute Gasteiger partial charge is 0.482 e. The maximum Gasteiger partial charge on any atom is 0.266 e. The van der Waals surface area contributed by atoms with Crippen LogP contribution in [-0.4, -0.2) is 24.5 Å². The van der Waals surface area contributed by atoms with E-state index in [4.69, 9.17) is 4.74 Å². The minimum absolute atomic E-state index is 0.0573. The summed E-state index contributed by atoms with van der Waals surface area (Å²) in [5, 5.41) is 3.05. The Morgan fingerprint density at radius 1 is 1.07 bits per heavy atom. The maximum absolute atomic E-state index is 14.7. The van der Waals surface area contributed by atoms with Gasteiger partial charge in [0.15, 0.2) is 6.61 Å². The number of carbonyl (C=O) groups excluding carboxylic acids is 2. The molecule has 146 valence electrons. The molecule has 0 radical (unpaired) electrons. The van der Waals surface area contributed by atoms with E-state index in [-0.39, 0.29) is 30.0 Å². The van der Waals surface area contributed by atoms with Crippen molar-refractivity contribution in [2.45, 2.75) is 44.2 Å². The second-order valence-electron chi connectivity index (χ2n) is 7.29. The van der Waals surface area contributed by atoms with Crippen LogP contribution in [0.3, 0.4) is 0 Å². The summed E-state index contributed by atoms with van der Waals surface area (Å²) in [6.07, 6.45) is 5.11. The van der Waals surface area contributed by atoms with Crippen molar-refractivity contribution >= 4 is 17.5 Å². The Labute approximate surface area is 163 Å². The van der Waals surface area contributed by atoms with Gasteiger partial charge in [0, 0.05) is 11.6 Å². The molecule has 2 aromatic rings. The Balaban J connectivity index is 1.74. The van der Waals surface area contributed by atoms with Gasteiger partial charge in [0.2, 0.25) is 5.91 Å². The molecule has 2 aliphatic rings. The molecule has 4 rings (SSSR count). The van der Waals surface area contributed by atoms with Crippen LogP contribution in [-0.2, 0) is 9.59 Å². The quantitative estimate of drug-likeness (QED) is 0.876. The van der Waals surface area contributed by atoms with Crippen LogP contribution in [0.15, 0.2) is 48.5 Å². The van der Waals surface area contributed by atoms with Crippen molar-refractivity contribution in [3.63, 3.8) is 0 Å². The summed E-state index contributed by atoms with van der Waals surface area (Å²) in [6, 6.07) is 12.1. The van der Waals surface area contributed by atoms with E-state index in [0.717, 1.165) is 25.7 Å². The Bertz CT molecular complexity index is 880. The zero-order valence-electron chi connectivity index (χ0n) is 15.6. The molecule has 1 atom stereocenters. The molecule has 0 aromatic heterocycles. The highest BCUT2D eigenvalue weighted by Gasteiger charge is 2.38. The summed E-state index contributed by atoms with van der Waals surface area (Å²) in [5.41, 5.74) is 0.659. The van der Waals surface area contributed by atoms with Gasteiger partial charge in [-0.1, -0.05) is 49.6 Å². The smallest absolute Gasteiger partial charge is 0.266 e. The van der Waals surface area contributed by atoms with Crippen molar-refractivity contribution in [3.05, 3.63) is 59.9 Å². The fourth-order valence-electron chi connectivity index (χ4n) is 4.03. The van der Waals surface area contributed by atoms with E-state index < -0.39 is 11.9 Å². The molecule has 6 heteroatoms. The fourth-order valence-corrected chi connectivity index (χ4v) is 4.03. The van der Waals surface area contributed by atoms with Gasteiger partial charge in [-0.15, -0.1) is 0 Å². The van der Waals surface area contributed by atoms with Crippen LogP contribution in [0.2, 0.25) is 0 Å². The van der Waals surface area contributed by atoms with Crippen molar-refractivity contribution in [1.29, 1.82) is 0 Å². The SMILES string of the molecule is O=C(NC1CCCCC1)C(c1ccccc1F)N1C(=O)COc2ccccc21. The van der Waals surface area contributed by atoms with Gasteiger partial charge in [-0.3, -0.25) is 14.5 Å². The Hall–Kier alpha value is -2.89. The average molecular weight is 382 g/mol. The first-order valence-electron chi connectivity index (χ1n) is 9.74. The molecule has 1 aliphatic heterocycles. The van der Waals surface area contributed by atoms with E-state index in [0.29, 0.717) is 11.4 Å². The minimum Gasteiger partial charge on any atom is -0.482 e.